The van der Waals surface area contributed by atoms with Crippen molar-refractivity contribution in [1.29, 1.82) is 0 Å². The molecule has 1 atom stereocenters. The first kappa shape index (κ1) is 20.0. The second-order valence-electron chi connectivity index (χ2n) is 7.14. The maximum Gasteiger partial charge on any atom is 0.240 e. The van der Waals surface area contributed by atoms with Crippen molar-refractivity contribution in [3.05, 3.63) is 52.2 Å². The van der Waals surface area contributed by atoms with Crippen molar-refractivity contribution in [3.8, 4) is 0 Å². The fourth-order valence-corrected chi connectivity index (χ4v) is 5.15. The molecule has 0 aliphatic carbocycles. The van der Waals surface area contributed by atoms with Crippen LogP contribution in [0.4, 0.5) is 0 Å². The van der Waals surface area contributed by atoms with Gasteiger partial charge in [-0.25, -0.2) is 13.1 Å². The highest BCUT2D eigenvalue weighted by molar-refractivity contribution is 7.89. The van der Waals surface area contributed by atoms with Crippen molar-refractivity contribution < 1.29 is 13.2 Å². The molecular weight excluding hydrogens is 380 g/mol. The van der Waals surface area contributed by atoms with Gasteiger partial charge in [0, 0.05) is 26.1 Å². The highest BCUT2D eigenvalue weighted by atomic mass is 32.2. The monoisotopic (exact) mass is 406 g/mol. The lowest BCUT2D eigenvalue weighted by atomic mass is 9.98. The number of hydrogen-bond donors (Lipinski definition) is 1. The Balaban J connectivity index is 1.50. The summed E-state index contributed by atoms with van der Waals surface area (Å²) in [6, 6.07) is 8.89. The molecule has 146 valence electrons. The van der Waals surface area contributed by atoms with Gasteiger partial charge in [0.1, 0.15) is 0 Å². The van der Waals surface area contributed by atoms with Crippen LogP contribution in [0.15, 0.2) is 46.0 Å². The van der Waals surface area contributed by atoms with Crippen molar-refractivity contribution >= 4 is 27.3 Å². The van der Waals surface area contributed by atoms with Crippen LogP contribution < -0.4 is 4.72 Å². The third kappa shape index (κ3) is 5.64. The van der Waals surface area contributed by atoms with E-state index in [4.69, 9.17) is 0 Å². The minimum atomic E-state index is -3.51. The van der Waals surface area contributed by atoms with Crippen LogP contribution in [0.25, 0.3) is 0 Å². The Kier molecular flexibility index (Phi) is 6.68. The summed E-state index contributed by atoms with van der Waals surface area (Å²) in [7, 11) is -3.51. The maximum atomic E-state index is 12.5. The molecule has 1 unspecified atom stereocenters. The third-order valence-electron chi connectivity index (χ3n) is 4.97. The van der Waals surface area contributed by atoms with Crippen molar-refractivity contribution in [2.45, 2.75) is 37.5 Å². The Labute approximate surface area is 165 Å². The predicted octanol–water partition coefficient (Wildman–Crippen LogP) is 3.21. The van der Waals surface area contributed by atoms with Gasteiger partial charge in [0.15, 0.2) is 0 Å². The van der Waals surface area contributed by atoms with Gasteiger partial charge in [0.25, 0.3) is 0 Å². The van der Waals surface area contributed by atoms with Crippen LogP contribution >= 0.6 is 11.3 Å². The molecule has 5 nitrogen and oxygen atoms in total. The van der Waals surface area contributed by atoms with E-state index >= 15 is 0 Å². The molecule has 1 aliphatic rings. The molecule has 1 fully saturated rings. The lowest BCUT2D eigenvalue weighted by Crippen LogP contribution is -2.43. The molecule has 27 heavy (non-hydrogen) atoms. The number of nitrogens with one attached hydrogen (secondary N) is 1. The second-order valence-corrected chi connectivity index (χ2v) is 9.69. The number of carbonyl (C=O) groups excluding carboxylic acids is 1. The van der Waals surface area contributed by atoms with Crippen LogP contribution in [0, 0.1) is 12.8 Å². The van der Waals surface area contributed by atoms with Gasteiger partial charge in [-0.1, -0.05) is 17.7 Å². The lowest BCUT2D eigenvalue weighted by Gasteiger charge is -2.33. The molecule has 0 saturated carbocycles. The standard InChI is InChI=1S/C20H26N2O3S2/c1-16-4-7-19(8-5-16)27(24,25)21-13-18-3-2-11-22(14-18)20(23)9-6-17-10-12-26-15-17/h4-5,7-8,10,12,15,18,21H,2-3,6,9,11,13-14H2,1H3. The summed E-state index contributed by atoms with van der Waals surface area (Å²) in [5.41, 5.74) is 2.23. The number of hydrogen-bond acceptors (Lipinski definition) is 4. The van der Waals surface area contributed by atoms with Gasteiger partial charge >= 0.3 is 0 Å². The molecule has 2 heterocycles. The van der Waals surface area contributed by atoms with E-state index in [-0.39, 0.29) is 16.7 Å². The summed E-state index contributed by atoms with van der Waals surface area (Å²) in [6.07, 6.45) is 3.13. The maximum absolute atomic E-state index is 12.5. The molecule has 1 aromatic carbocycles. The van der Waals surface area contributed by atoms with E-state index in [0.717, 1.165) is 31.4 Å². The Bertz CT molecular complexity index is 846. The summed E-state index contributed by atoms with van der Waals surface area (Å²) in [5, 5.41) is 4.10. The number of amides is 1. The zero-order chi connectivity index (χ0) is 19.3. The number of carbonyl (C=O) groups is 1. The number of nitrogens with zero attached hydrogens (tertiary/aromatic N) is 1. The minimum Gasteiger partial charge on any atom is -0.342 e. The number of thiophene rings is 1. The fourth-order valence-electron chi connectivity index (χ4n) is 3.33. The fraction of sp³-hybridized carbons (Fsp3) is 0.450. The third-order valence-corrected chi connectivity index (χ3v) is 7.14. The van der Waals surface area contributed by atoms with Crippen molar-refractivity contribution in [2.75, 3.05) is 19.6 Å². The molecule has 0 radical (unpaired) electrons. The van der Waals surface area contributed by atoms with Gasteiger partial charge in [-0.15, -0.1) is 0 Å². The molecule has 3 rings (SSSR count). The molecular formula is C20H26N2O3S2. The van der Waals surface area contributed by atoms with E-state index < -0.39 is 10.0 Å². The normalized spacial score (nSPS) is 17.8. The van der Waals surface area contributed by atoms with Crippen LogP contribution in [0.3, 0.4) is 0 Å². The largest absolute Gasteiger partial charge is 0.342 e. The molecule has 1 aromatic heterocycles. The predicted molar refractivity (Wildman–Crippen MR) is 108 cm³/mol. The van der Waals surface area contributed by atoms with Crippen molar-refractivity contribution in [3.63, 3.8) is 0 Å². The summed E-state index contributed by atoms with van der Waals surface area (Å²) < 4.78 is 27.6. The summed E-state index contributed by atoms with van der Waals surface area (Å²) in [5.74, 6) is 0.316. The summed E-state index contributed by atoms with van der Waals surface area (Å²) in [4.78, 5) is 14.7. The molecule has 1 saturated heterocycles. The Morgan fingerprint density at radius 3 is 2.74 bits per heavy atom. The van der Waals surface area contributed by atoms with Crippen LogP contribution in [-0.2, 0) is 21.2 Å². The van der Waals surface area contributed by atoms with Gasteiger partial charge in [-0.05, 0) is 66.6 Å². The van der Waals surface area contributed by atoms with Crippen molar-refractivity contribution in [1.82, 2.24) is 9.62 Å². The van der Waals surface area contributed by atoms with Gasteiger partial charge in [-0.2, -0.15) is 11.3 Å². The molecule has 2 aromatic rings. The number of rotatable bonds is 7. The zero-order valence-corrected chi connectivity index (χ0v) is 17.2. The zero-order valence-electron chi connectivity index (χ0n) is 15.6. The number of piperidine rings is 1. The summed E-state index contributed by atoms with van der Waals surface area (Å²) >= 11 is 1.64. The minimum absolute atomic E-state index is 0.157. The quantitative estimate of drug-likeness (QED) is 0.768. The van der Waals surface area contributed by atoms with Crippen LogP contribution in [0.5, 0.6) is 0 Å². The Hall–Kier alpha value is -1.70. The van der Waals surface area contributed by atoms with Gasteiger partial charge in [0.05, 0.1) is 4.90 Å². The Morgan fingerprint density at radius 1 is 1.26 bits per heavy atom. The first-order valence-electron chi connectivity index (χ1n) is 9.29. The highest BCUT2D eigenvalue weighted by Gasteiger charge is 2.25. The van der Waals surface area contributed by atoms with E-state index in [9.17, 15) is 13.2 Å². The molecule has 0 spiro atoms. The molecule has 7 heteroatoms. The van der Waals surface area contributed by atoms with E-state index in [1.165, 1.54) is 5.56 Å². The molecule has 1 aliphatic heterocycles. The Morgan fingerprint density at radius 2 is 2.04 bits per heavy atom. The van der Waals surface area contributed by atoms with E-state index in [1.54, 1.807) is 35.6 Å². The van der Waals surface area contributed by atoms with Gasteiger partial charge in [-0.3, -0.25) is 4.79 Å². The second kappa shape index (κ2) is 8.99. The van der Waals surface area contributed by atoms with Crippen LogP contribution in [-0.4, -0.2) is 38.9 Å². The average molecular weight is 407 g/mol. The smallest absolute Gasteiger partial charge is 0.240 e. The molecule has 1 amide bonds. The lowest BCUT2D eigenvalue weighted by molar-refractivity contribution is -0.132. The van der Waals surface area contributed by atoms with E-state index in [0.29, 0.717) is 19.5 Å². The van der Waals surface area contributed by atoms with Crippen LogP contribution in [0.1, 0.15) is 30.4 Å². The van der Waals surface area contributed by atoms with Gasteiger partial charge in [0.2, 0.25) is 15.9 Å². The average Bonchev–Trinajstić information content (AvgIpc) is 3.19. The number of benzene rings is 1. The van der Waals surface area contributed by atoms with Crippen molar-refractivity contribution in [2.24, 2.45) is 5.92 Å². The van der Waals surface area contributed by atoms with Gasteiger partial charge < -0.3 is 4.90 Å². The topological polar surface area (TPSA) is 66.5 Å². The SMILES string of the molecule is Cc1ccc(S(=O)(=O)NCC2CCCN(C(=O)CCc3ccsc3)C2)cc1. The number of sulfonamides is 1. The van der Waals surface area contributed by atoms with Crippen LogP contribution in [0.2, 0.25) is 0 Å². The highest BCUT2D eigenvalue weighted by Crippen LogP contribution is 2.19. The number of likely N-dealkylation sites (tertiary alicyclic amines) is 1. The molecule has 0 bridgehead atoms. The first-order chi connectivity index (χ1) is 12.9. The first-order valence-corrected chi connectivity index (χ1v) is 11.7. The summed E-state index contributed by atoms with van der Waals surface area (Å²) in [6.45, 7) is 3.68. The van der Waals surface area contributed by atoms with E-state index in [2.05, 4.69) is 16.2 Å². The number of aryl methyl sites for hydroxylation is 2. The molecule has 1 N–H and O–H groups in total. The van der Waals surface area contributed by atoms with E-state index in [1.807, 2.05) is 17.2 Å².